The quantitative estimate of drug-likeness (QED) is 0.722. The van der Waals surface area contributed by atoms with Crippen molar-refractivity contribution in [2.45, 2.75) is 12.3 Å². The predicted molar refractivity (Wildman–Crippen MR) is 48.3 cm³/mol. The zero-order chi connectivity index (χ0) is 10.1. The van der Waals surface area contributed by atoms with Crippen molar-refractivity contribution in [1.29, 1.82) is 0 Å². The van der Waals surface area contributed by atoms with Crippen LogP contribution in [0.4, 0.5) is 8.78 Å². The van der Waals surface area contributed by atoms with Gasteiger partial charge in [-0.2, -0.15) is 0 Å². The minimum absolute atomic E-state index is 0.0457. The van der Waals surface area contributed by atoms with E-state index in [4.69, 9.17) is 0 Å². The molecular formula is C10H11F2NO. The summed E-state index contributed by atoms with van der Waals surface area (Å²) in [4.78, 5) is 0. The molecule has 1 aromatic carbocycles. The van der Waals surface area contributed by atoms with Crippen molar-refractivity contribution in [3.63, 3.8) is 0 Å². The molecule has 1 saturated heterocycles. The van der Waals surface area contributed by atoms with Gasteiger partial charge in [0.2, 0.25) is 0 Å². The molecule has 2 nitrogen and oxygen atoms in total. The molecule has 2 N–H and O–H groups in total. The maximum absolute atomic E-state index is 13.3. The van der Waals surface area contributed by atoms with Gasteiger partial charge in [0.15, 0.2) is 0 Å². The van der Waals surface area contributed by atoms with Crippen LogP contribution in [-0.4, -0.2) is 18.2 Å². The fourth-order valence-electron chi connectivity index (χ4n) is 1.88. The molecule has 1 unspecified atom stereocenters. The Bertz CT molecular complexity index is 325. The summed E-state index contributed by atoms with van der Waals surface area (Å²) < 4.78 is 26.0. The Morgan fingerprint density at radius 2 is 2.14 bits per heavy atom. The van der Waals surface area contributed by atoms with E-state index in [0.717, 1.165) is 25.1 Å². The molecule has 0 saturated carbocycles. The van der Waals surface area contributed by atoms with Crippen LogP contribution in [0.15, 0.2) is 12.1 Å². The lowest BCUT2D eigenvalue weighted by atomic mass is 9.97. The van der Waals surface area contributed by atoms with E-state index in [-0.39, 0.29) is 17.2 Å². The first kappa shape index (κ1) is 9.40. The van der Waals surface area contributed by atoms with Crippen molar-refractivity contribution >= 4 is 0 Å². The number of phenolic OH excluding ortho intramolecular Hbond substituents is 1. The number of phenols is 1. The van der Waals surface area contributed by atoms with E-state index in [9.17, 15) is 13.9 Å². The molecule has 0 aromatic heterocycles. The average molecular weight is 199 g/mol. The van der Waals surface area contributed by atoms with Crippen LogP contribution in [0, 0.1) is 11.6 Å². The zero-order valence-corrected chi connectivity index (χ0v) is 7.56. The number of aromatic hydroxyl groups is 1. The maximum Gasteiger partial charge on any atom is 0.133 e. The molecule has 1 aliphatic rings. The molecule has 0 spiro atoms. The second-order valence-corrected chi connectivity index (χ2v) is 3.51. The Kier molecular flexibility index (Phi) is 2.37. The van der Waals surface area contributed by atoms with E-state index in [1.165, 1.54) is 0 Å². The molecule has 14 heavy (non-hydrogen) atoms. The largest absolute Gasteiger partial charge is 0.507 e. The Labute approximate surface area is 80.6 Å². The molecule has 76 valence electrons. The van der Waals surface area contributed by atoms with Crippen LogP contribution in [0.2, 0.25) is 0 Å². The van der Waals surface area contributed by atoms with Gasteiger partial charge in [-0.25, -0.2) is 8.78 Å². The molecule has 1 atom stereocenters. The van der Waals surface area contributed by atoms with E-state index < -0.39 is 11.6 Å². The smallest absolute Gasteiger partial charge is 0.133 e. The molecule has 0 aliphatic carbocycles. The molecule has 1 aromatic rings. The van der Waals surface area contributed by atoms with Gasteiger partial charge < -0.3 is 10.4 Å². The monoisotopic (exact) mass is 199 g/mol. The Morgan fingerprint density at radius 1 is 1.36 bits per heavy atom. The molecule has 4 heteroatoms. The SMILES string of the molecule is Oc1cc(F)cc(F)c1C1CCNC1. The van der Waals surface area contributed by atoms with Crippen LogP contribution in [0.5, 0.6) is 5.75 Å². The lowest BCUT2D eigenvalue weighted by Crippen LogP contribution is -2.09. The lowest BCUT2D eigenvalue weighted by molar-refractivity contribution is 0.442. The van der Waals surface area contributed by atoms with Gasteiger partial charge >= 0.3 is 0 Å². The second-order valence-electron chi connectivity index (χ2n) is 3.51. The summed E-state index contributed by atoms with van der Waals surface area (Å²) in [7, 11) is 0. The van der Waals surface area contributed by atoms with Crippen molar-refractivity contribution < 1.29 is 13.9 Å². The zero-order valence-electron chi connectivity index (χ0n) is 7.56. The summed E-state index contributed by atoms with van der Waals surface area (Å²) >= 11 is 0. The van der Waals surface area contributed by atoms with Crippen LogP contribution in [0.25, 0.3) is 0 Å². The predicted octanol–water partition coefficient (Wildman–Crippen LogP) is 1.75. The molecule has 0 amide bonds. The highest BCUT2D eigenvalue weighted by molar-refractivity contribution is 5.37. The molecule has 2 rings (SSSR count). The van der Waals surface area contributed by atoms with Crippen molar-refractivity contribution in [2.75, 3.05) is 13.1 Å². The molecule has 0 bridgehead atoms. The maximum atomic E-state index is 13.3. The highest BCUT2D eigenvalue weighted by Crippen LogP contribution is 2.32. The summed E-state index contributed by atoms with van der Waals surface area (Å²) in [6.45, 7) is 1.44. The highest BCUT2D eigenvalue weighted by Gasteiger charge is 2.23. The fraction of sp³-hybridized carbons (Fsp3) is 0.400. The number of hydrogen-bond acceptors (Lipinski definition) is 2. The van der Waals surface area contributed by atoms with E-state index >= 15 is 0 Å². The van der Waals surface area contributed by atoms with Crippen LogP contribution < -0.4 is 5.32 Å². The van der Waals surface area contributed by atoms with E-state index in [2.05, 4.69) is 5.32 Å². The third-order valence-electron chi connectivity index (χ3n) is 2.54. The summed E-state index contributed by atoms with van der Waals surface area (Å²) in [5.74, 6) is -1.72. The first-order valence-electron chi connectivity index (χ1n) is 4.57. The van der Waals surface area contributed by atoms with Gasteiger partial charge in [0.25, 0.3) is 0 Å². The number of nitrogens with one attached hydrogen (secondary N) is 1. The third kappa shape index (κ3) is 1.57. The van der Waals surface area contributed by atoms with Crippen molar-refractivity contribution in [3.05, 3.63) is 29.3 Å². The van der Waals surface area contributed by atoms with E-state index in [1.807, 2.05) is 0 Å². The first-order valence-corrected chi connectivity index (χ1v) is 4.57. The van der Waals surface area contributed by atoms with Gasteiger partial charge in [-0.3, -0.25) is 0 Å². The number of hydrogen-bond donors (Lipinski definition) is 2. The van der Waals surface area contributed by atoms with Gasteiger partial charge in [0.1, 0.15) is 17.4 Å². The van der Waals surface area contributed by atoms with Gasteiger partial charge in [0, 0.05) is 30.2 Å². The minimum atomic E-state index is -0.741. The average Bonchev–Trinajstić information content (AvgIpc) is 2.54. The normalized spacial score (nSPS) is 21.4. The molecule has 1 aliphatic heterocycles. The van der Waals surface area contributed by atoms with Crippen molar-refractivity contribution in [3.8, 4) is 5.75 Å². The van der Waals surface area contributed by atoms with E-state index in [1.54, 1.807) is 0 Å². The van der Waals surface area contributed by atoms with Gasteiger partial charge in [0.05, 0.1) is 0 Å². The van der Waals surface area contributed by atoms with Crippen LogP contribution in [0.3, 0.4) is 0 Å². The Balaban J connectivity index is 2.40. The summed E-state index contributed by atoms with van der Waals surface area (Å²) in [5, 5.41) is 12.5. The van der Waals surface area contributed by atoms with E-state index in [0.29, 0.717) is 6.54 Å². The molecular weight excluding hydrogens is 188 g/mol. The second kappa shape index (κ2) is 3.53. The summed E-state index contributed by atoms with van der Waals surface area (Å²) in [5.41, 5.74) is 0.233. The highest BCUT2D eigenvalue weighted by atomic mass is 19.1. The van der Waals surface area contributed by atoms with Gasteiger partial charge in [-0.15, -0.1) is 0 Å². The van der Waals surface area contributed by atoms with Crippen molar-refractivity contribution in [2.24, 2.45) is 0 Å². The third-order valence-corrected chi connectivity index (χ3v) is 2.54. The number of rotatable bonds is 1. The summed E-state index contributed by atoms with van der Waals surface area (Å²) in [6, 6.07) is 1.77. The first-order chi connectivity index (χ1) is 6.68. The van der Waals surface area contributed by atoms with Crippen LogP contribution >= 0.6 is 0 Å². The van der Waals surface area contributed by atoms with Crippen LogP contribution in [0.1, 0.15) is 17.9 Å². The van der Waals surface area contributed by atoms with Gasteiger partial charge in [-0.05, 0) is 13.0 Å². The summed E-state index contributed by atoms with van der Waals surface area (Å²) in [6.07, 6.45) is 0.774. The van der Waals surface area contributed by atoms with Gasteiger partial charge in [-0.1, -0.05) is 0 Å². The topological polar surface area (TPSA) is 32.3 Å². The standard InChI is InChI=1S/C10H11F2NO/c11-7-3-8(12)10(9(14)4-7)6-1-2-13-5-6/h3-4,6,13-14H,1-2,5H2. The Hall–Kier alpha value is -1.16. The minimum Gasteiger partial charge on any atom is -0.507 e. The molecule has 0 radical (unpaired) electrons. The lowest BCUT2D eigenvalue weighted by Gasteiger charge is -2.11. The molecule has 1 fully saturated rings. The fourth-order valence-corrected chi connectivity index (χ4v) is 1.88. The van der Waals surface area contributed by atoms with Crippen LogP contribution in [-0.2, 0) is 0 Å². The Morgan fingerprint density at radius 3 is 2.71 bits per heavy atom. The van der Waals surface area contributed by atoms with Crippen molar-refractivity contribution in [1.82, 2.24) is 5.32 Å². The molecule has 1 heterocycles. The number of halogens is 2. The number of benzene rings is 1.